The van der Waals surface area contributed by atoms with Crippen molar-refractivity contribution in [2.45, 2.75) is 19.4 Å². The average molecular weight is 340 g/mol. The number of hydrogen-bond acceptors (Lipinski definition) is 3. The van der Waals surface area contributed by atoms with E-state index in [4.69, 9.17) is 0 Å². The van der Waals surface area contributed by atoms with Gasteiger partial charge in [0.2, 0.25) is 0 Å². The van der Waals surface area contributed by atoms with E-state index in [9.17, 15) is 4.79 Å². The van der Waals surface area contributed by atoms with Crippen LogP contribution in [0.1, 0.15) is 27.9 Å². The maximum absolute atomic E-state index is 12.3. The molecule has 0 aliphatic carbocycles. The van der Waals surface area contributed by atoms with Crippen molar-refractivity contribution in [2.24, 2.45) is 0 Å². The third kappa shape index (κ3) is 4.12. The van der Waals surface area contributed by atoms with Crippen LogP contribution in [0.25, 0.3) is 0 Å². The van der Waals surface area contributed by atoms with Crippen LogP contribution in [0, 0.1) is 0 Å². The van der Waals surface area contributed by atoms with Gasteiger partial charge in [-0.1, -0.05) is 12.1 Å². The summed E-state index contributed by atoms with van der Waals surface area (Å²) in [4.78, 5) is 16.4. The van der Waals surface area contributed by atoms with Crippen LogP contribution in [-0.4, -0.2) is 17.4 Å². The van der Waals surface area contributed by atoms with Crippen molar-refractivity contribution in [3.63, 3.8) is 0 Å². The first-order valence-electron chi connectivity index (χ1n) is 6.87. The van der Waals surface area contributed by atoms with Crippen molar-refractivity contribution in [2.75, 3.05) is 11.9 Å². The standard InChI is InChI=1S/C16H17N3O.2ClH/c20-16(19-11-12-4-2-8-17-10-12)14-5-1-7-15-13(14)6-3-9-18-15;;/h1-2,4-5,7-8,10,18H,3,6,9,11H2,(H,19,20);2*1H. The molecule has 0 fully saturated rings. The minimum atomic E-state index is -0.0191. The maximum atomic E-state index is 12.3. The lowest BCUT2D eigenvalue weighted by Crippen LogP contribution is -2.25. The fourth-order valence-electron chi connectivity index (χ4n) is 2.50. The Kier molecular flexibility index (Phi) is 7.15. The predicted molar refractivity (Wildman–Crippen MR) is 93.2 cm³/mol. The molecule has 4 nitrogen and oxygen atoms in total. The monoisotopic (exact) mass is 339 g/mol. The van der Waals surface area contributed by atoms with Gasteiger partial charge in [-0.15, -0.1) is 24.8 Å². The summed E-state index contributed by atoms with van der Waals surface area (Å²) in [6.45, 7) is 1.48. The summed E-state index contributed by atoms with van der Waals surface area (Å²) >= 11 is 0. The lowest BCUT2D eigenvalue weighted by molar-refractivity contribution is 0.0950. The normalized spacial score (nSPS) is 12.0. The molecule has 118 valence electrons. The van der Waals surface area contributed by atoms with E-state index in [0.717, 1.165) is 41.8 Å². The first kappa shape index (κ1) is 18.3. The molecule has 0 radical (unpaired) electrons. The number of fused-ring (bicyclic) bond motifs is 1. The van der Waals surface area contributed by atoms with E-state index in [-0.39, 0.29) is 30.7 Å². The molecular formula is C16H19Cl2N3O. The van der Waals surface area contributed by atoms with E-state index in [1.807, 2.05) is 30.3 Å². The van der Waals surface area contributed by atoms with Gasteiger partial charge in [0.15, 0.2) is 0 Å². The van der Waals surface area contributed by atoms with Gasteiger partial charge in [-0.2, -0.15) is 0 Å². The Bertz CT molecular complexity index is 620. The summed E-state index contributed by atoms with van der Waals surface area (Å²) in [5, 5.41) is 6.30. The number of carbonyl (C=O) groups is 1. The molecular weight excluding hydrogens is 321 g/mol. The molecule has 0 saturated heterocycles. The van der Waals surface area contributed by atoms with Crippen LogP contribution in [-0.2, 0) is 13.0 Å². The summed E-state index contributed by atoms with van der Waals surface area (Å²) in [5.41, 5.74) is 4.00. The van der Waals surface area contributed by atoms with E-state index in [0.29, 0.717) is 6.54 Å². The molecule has 6 heteroatoms. The Hall–Kier alpha value is -1.78. The number of rotatable bonds is 3. The van der Waals surface area contributed by atoms with Crippen LogP contribution in [0.15, 0.2) is 42.7 Å². The second kappa shape index (κ2) is 8.61. The smallest absolute Gasteiger partial charge is 0.251 e. The number of carbonyl (C=O) groups excluding carboxylic acids is 1. The van der Waals surface area contributed by atoms with Gasteiger partial charge in [0.25, 0.3) is 5.91 Å². The van der Waals surface area contributed by atoms with Crippen LogP contribution in [0.2, 0.25) is 0 Å². The quantitative estimate of drug-likeness (QED) is 0.902. The molecule has 0 bridgehead atoms. The lowest BCUT2D eigenvalue weighted by atomic mass is 9.97. The second-order valence-electron chi connectivity index (χ2n) is 4.91. The van der Waals surface area contributed by atoms with Crippen LogP contribution in [0.3, 0.4) is 0 Å². The molecule has 0 saturated carbocycles. The highest BCUT2D eigenvalue weighted by atomic mass is 35.5. The van der Waals surface area contributed by atoms with E-state index in [2.05, 4.69) is 15.6 Å². The fourth-order valence-corrected chi connectivity index (χ4v) is 2.50. The van der Waals surface area contributed by atoms with E-state index < -0.39 is 0 Å². The average Bonchev–Trinajstić information content (AvgIpc) is 2.53. The number of anilines is 1. The zero-order valence-corrected chi connectivity index (χ0v) is 13.7. The van der Waals surface area contributed by atoms with Gasteiger partial charge < -0.3 is 10.6 Å². The number of nitrogens with zero attached hydrogens (tertiary/aromatic N) is 1. The van der Waals surface area contributed by atoms with E-state index in [1.54, 1.807) is 12.4 Å². The maximum Gasteiger partial charge on any atom is 0.251 e. The third-order valence-corrected chi connectivity index (χ3v) is 3.52. The summed E-state index contributed by atoms with van der Waals surface area (Å²) in [6, 6.07) is 9.68. The highest BCUT2D eigenvalue weighted by Gasteiger charge is 2.16. The van der Waals surface area contributed by atoms with E-state index >= 15 is 0 Å². The molecule has 22 heavy (non-hydrogen) atoms. The minimum Gasteiger partial charge on any atom is -0.385 e. The Morgan fingerprint density at radius 3 is 2.86 bits per heavy atom. The molecule has 2 aromatic rings. The summed E-state index contributed by atoms with van der Waals surface area (Å²) < 4.78 is 0. The van der Waals surface area contributed by atoms with Gasteiger partial charge in [0.05, 0.1) is 0 Å². The van der Waals surface area contributed by atoms with Crippen molar-refractivity contribution < 1.29 is 4.79 Å². The molecule has 2 N–H and O–H groups in total. The molecule has 1 aliphatic rings. The van der Waals surface area contributed by atoms with Crippen LogP contribution in [0.5, 0.6) is 0 Å². The third-order valence-electron chi connectivity index (χ3n) is 3.52. The Balaban J connectivity index is 0.00000121. The van der Waals surface area contributed by atoms with Gasteiger partial charge in [0.1, 0.15) is 0 Å². The molecule has 1 aromatic heterocycles. The van der Waals surface area contributed by atoms with Gasteiger partial charge in [-0.3, -0.25) is 9.78 Å². The predicted octanol–water partition coefficient (Wildman–Crippen LogP) is 3.21. The van der Waals surface area contributed by atoms with Crippen molar-refractivity contribution in [1.82, 2.24) is 10.3 Å². The highest BCUT2D eigenvalue weighted by molar-refractivity contribution is 5.97. The van der Waals surface area contributed by atoms with Gasteiger partial charge >= 0.3 is 0 Å². The molecule has 0 atom stereocenters. The summed E-state index contributed by atoms with van der Waals surface area (Å²) in [7, 11) is 0. The molecule has 1 aliphatic heterocycles. The second-order valence-corrected chi connectivity index (χ2v) is 4.91. The Morgan fingerprint density at radius 1 is 1.23 bits per heavy atom. The molecule has 1 amide bonds. The van der Waals surface area contributed by atoms with Gasteiger partial charge in [-0.25, -0.2) is 0 Å². The zero-order chi connectivity index (χ0) is 13.8. The van der Waals surface area contributed by atoms with E-state index in [1.165, 1.54) is 0 Å². The molecule has 1 aromatic carbocycles. The van der Waals surface area contributed by atoms with Crippen LogP contribution >= 0.6 is 24.8 Å². The van der Waals surface area contributed by atoms with Gasteiger partial charge in [-0.05, 0) is 42.2 Å². The fraction of sp³-hybridized carbons (Fsp3) is 0.250. The van der Waals surface area contributed by atoms with Crippen molar-refractivity contribution in [1.29, 1.82) is 0 Å². The number of amides is 1. The zero-order valence-electron chi connectivity index (χ0n) is 12.0. The number of pyridine rings is 1. The Labute approximate surface area is 142 Å². The van der Waals surface area contributed by atoms with Crippen molar-refractivity contribution in [3.05, 3.63) is 59.4 Å². The first-order valence-corrected chi connectivity index (χ1v) is 6.87. The number of hydrogen-bond donors (Lipinski definition) is 2. The van der Waals surface area contributed by atoms with Crippen LogP contribution < -0.4 is 10.6 Å². The SMILES string of the molecule is Cl.Cl.O=C(NCc1cccnc1)c1cccc2c1CCCN2. The van der Waals surface area contributed by atoms with Crippen molar-refractivity contribution >= 4 is 36.4 Å². The number of halogens is 2. The van der Waals surface area contributed by atoms with Crippen LogP contribution in [0.4, 0.5) is 5.69 Å². The Morgan fingerprint density at radius 2 is 2.09 bits per heavy atom. The molecule has 2 heterocycles. The largest absolute Gasteiger partial charge is 0.385 e. The topological polar surface area (TPSA) is 54.0 Å². The molecule has 3 rings (SSSR count). The number of nitrogens with one attached hydrogen (secondary N) is 2. The van der Waals surface area contributed by atoms with Gasteiger partial charge in [0, 0.05) is 36.7 Å². The lowest BCUT2D eigenvalue weighted by Gasteiger charge is -2.20. The number of aromatic nitrogens is 1. The molecule has 0 unspecified atom stereocenters. The van der Waals surface area contributed by atoms with Crippen molar-refractivity contribution in [3.8, 4) is 0 Å². The highest BCUT2D eigenvalue weighted by Crippen LogP contribution is 2.25. The summed E-state index contributed by atoms with van der Waals surface area (Å²) in [6.07, 6.45) is 5.52. The summed E-state index contributed by atoms with van der Waals surface area (Å²) in [5.74, 6) is -0.0191. The number of benzene rings is 1. The minimum absolute atomic E-state index is 0. The first-order chi connectivity index (χ1) is 9.84. The molecule has 0 spiro atoms.